The Kier molecular flexibility index (Phi) is 3.86. The summed E-state index contributed by atoms with van der Waals surface area (Å²) in [6, 6.07) is 0. The lowest BCUT2D eigenvalue weighted by Gasteiger charge is -2.21. The van der Waals surface area contributed by atoms with E-state index in [9.17, 15) is 4.79 Å². The van der Waals surface area contributed by atoms with E-state index >= 15 is 0 Å². The molecule has 0 fully saturated rings. The summed E-state index contributed by atoms with van der Waals surface area (Å²) < 4.78 is 0. The minimum absolute atomic E-state index is 0.0337. The topological polar surface area (TPSA) is 49.7 Å². The van der Waals surface area contributed by atoms with Gasteiger partial charge in [-0.3, -0.25) is 4.99 Å². The van der Waals surface area contributed by atoms with Gasteiger partial charge in [-0.25, -0.2) is 4.79 Å². The Morgan fingerprint density at radius 3 is 1.79 bits per heavy atom. The van der Waals surface area contributed by atoms with Crippen molar-refractivity contribution in [2.45, 2.75) is 41.5 Å². The quantitative estimate of drug-likeness (QED) is 0.695. The summed E-state index contributed by atoms with van der Waals surface area (Å²) in [7, 11) is 0. The van der Waals surface area contributed by atoms with Crippen molar-refractivity contribution in [3.8, 4) is 0 Å². The van der Waals surface area contributed by atoms with E-state index in [4.69, 9.17) is 5.11 Å². The highest BCUT2D eigenvalue weighted by atomic mass is 16.4. The molecule has 0 aliphatic heterocycles. The molecule has 1 N–H and O–H groups in total. The Labute approximate surface area is 86.2 Å². The Morgan fingerprint density at radius 2 is 1.57 bits per heavy atom. The summed E-state index contributed by atoms with van der Waals surface area (Å²) in [5.41, 5.74) is -0.101. The maximum atomic E-state index is 10.9. The first-order valence-corrected chi connectivity index (χ1v) is 4.82. The van der Waals surface area contributed by atoms with E-state index in [1.807, 2.05) is 41.5 Å². The van der Waals surface area contributed by atoms with Crippen molar-refractivity contribution in [2.75, 3.05) is 6.54 Å². The van der Waals surface area contributed by atoms with Gasteiger partial charge < -0.3 is 5.11 Å². The van der Waals surface area contributed by atoms with Crippen LogP contribution in [0.15, 0.2) is 4.99 Å². The summed E-state index contributed by atoms with van der Waals surface area (Å²) in [6.45, 7) is 12.3. The molecule has 0 spiro atoms. The van der Waals surface area contributed by atoms with Crippen LogP contribution in [-0.4, -0.2) is 23.3 Å². The number of hydrogen-bond donors (Lipinski definition) is 1. The van der Waals surface area contributed by atoms with Crippen LogP contribution in [0.1, 0.15) is 41.5 Å². The highest BCUT2D eigenvalue weighted by Crippen LogP contribution is 2.19. The van der Waals surface area contributed by atoms with Gasteiger partial charge in [0, 0.05) is 12.0 Å². The zero-order chi connectivity index (χ0) is 11.6. The fourth-order valence-corrected chi connectivity index (χ4v) is 0.942. The number of rotatable bonds is 2. The van der Waals surface area contributed by atoms with Crippen molar-refractivity contribution >= 4 is 11.7 Å². The second kappa shape index (κ2) is 4.11. The molecular formula is C11H21NO2. The molecule has 0 radical (unpaired) electrons. The smallest absolute Gasteiger partial charge is 0.350 e. The average molecular weight is 199 g/mol. The third-order valence-electron chi connectivity index (χ3n) is 1.62. The number of nitrogens with zero attached hydrogens (tertiary/aromatic N) is 1. The molecule has 3 heteroatoms. The second-order valence-corrected chi connectivity index (χ2v) is 5.78. The van der Waals surface area contributed by atoms with E-state index < -0.39 is 11.4 Å². The molecule has 0 bridgehead atoms. The van der Waals surface area contributed by atoms with Crippen LogP contribution in [0, 0.1) is 10.8 Å². The molecule has 0 rings (SSSR count). The Morgan fingerprint density at radius 1 is 1.14 bits per heavy atom. The van der Waals surface area contributed by atoms with Gasteiger partial charge in [0.2, 0.25) is 0 Å². The van der Waals surface area contributed by atoms with Gasteiger partial charge in [0.05, 0.1) is 0 Å². The lowest BCUT2D eigenvalue weighted by atomic mass is 9.89. The van der Waals surface area contributed by atoms with Crippen LogP contribution in [0.4, 0.5) is 0 Å². The predicted octanol–water partition coefficient (Wildman–Crippen LogP) is 2.60. The largest absolute Gasteiger partial charge is 0.477 e. The molecule has 14 heavy (non-hydrogen) atoms. The standard InChI is InChI=1S/C11H21NO2/c1-10(2,3)7-12-8(9(13)14)11(4,5)6/h7H2,1-6H3,(H,13,14)/b12-8-. The number of hydrogen-bond acceptors (Lipinski definition) is 2. The first-order valence-electron chi connectivity index (χ1n) is 4.82. The molecule has 0 atom stereocenters. The molecule has 0 saturated carbocycles. The number of aliphatic imine (C=N–C) groups is 1. The van der Waals surface area contributed by atoms with E-state index in [1.165, 1.54) is 0 Å². The van der Waals surface area contributed by atoms with Crippen molar-refractivity contribution in [3.63, 3.8) is 0 Å². The number of carboxylic acids is 1. The first kappa shape index (κ1) is 13.1. The van der Waals surface area contributed by atoms with Crippen molar-refractivity contribution in [1.82, 2.24) is 0 Å². The molecule has 0 aliphatic rings. The van der Waals surface area contributed by atoms with Crippen LogP contribution in [0.5, 0.6) is 0 Å². The highest BCUT2D eigenvalue weighted by molar-refractivity contribution is 6.37. The van der Waals surface area contributed by atoms with Crippen LogP contribution >= 0.6 is 0 Å². The molecule has 82 valence electrons. The molecule has 0 aromatic heterocycles. The van der Waals surface area contributed by atoms with Crippen LogP contribution in [0.2, 0.25) is 0 Å². The summed E-state index contributed by atoms with van der Waals surface area (Å²) in [5.74, 6) is -0.915. The van der Waals surface area contributed by atoms with E-state index in [1.54, 1.807) is 0 Å². The summed E-state index contributed by atoms with van der Waals surface area (Å²) >= 11 is 0. The van der Waals surface area contributed by atoms with Gasteiger partial charge >= 0.3 is 5.97 Å². The molecule has 0 aromatic carbocycles. The van der Waals surface area contributed by atoms with Crippen molar-refractivity contribution in [2.24, 2.45) is 15.8 Å². The second-order valence-electron chi connectivity index (χ2n) is 5.78. The molecule has 0 unspecified atom stereocenters. The van der Waals surface area contributed by atoms with E-state index in [-0.39, 0.29) is 11.1 Å². The lowest BCUT2D eigenvalue weighted by Crippen LogP contribution is -2.30. The molecule has 0 saturated heterocycles. The van der Waals surface area contributed by atoms with Gasteiger partial charge in [0.1, 0.15) is 5.71 Å². The number of carbonyl (C=O) groups is 1. The maximum absolute atomic E-state index is 10.9. The highest BCUT2D eigenvalue weighted by Gasteiger charge is 2.25. The van der Waals surface area contributed by atoms with Crippen LogP contribution in [-0.2, 0) is 4.79 Å². The molecule has 0 amide bonds. The Balaban J connectivity index is 4.78. The summed E-state index contributed by atoms with van der Waals surface area (Å²) in [4.78, 5) is 15.1. The minimum Gasteiger partial charge on any atom is -0.477 e. The lowest BCUT2D eigenvalue weighted by molar-refractivity contribution is -0.129. The third kappa shape index (κ3) is 5.00. The predicted molar refractivity (Wildman–Crippen MR) is 58.8 cm³/mol. The van der Waals surface area contributed by atoms with Gasteiger partial charge in [0.25, 0.3) is 0 Å². The van der Waals surface area contributed by atoms with Gasteiger partial charge in [-0.1, -0.05) is 41.5 Å². The van der Waals surface area contributed by atoms with Crippen molar-refractivity contribution < 1.29 is 9.90 Å². The van der Waals surface area contributed by atoms with E-state index in [2.05, 4.69) is 4.99 Å². The minimum atomic E-state index is -0.915. The van der Waals surface area contributed by atoms with Gasteiger partial charge in [-0.15, -0.1) is 0 Å². The Bertz CT molecular complexity index is 241. The SMILES string of the molecule is CC(C)(C)C/N=C(/C(=O)O)C(C)(C)C. The van der Waals surface area contributed by atoms with E-state index in [0.29, 0.717) is 6.54 Å². The van der Waals surface area contributed by atoms with Crippen LogP contribution in [0.3, 0.4) is 0 Å². The summed E-state index contributed by atoms with van der Waals surface area (Å²) in [6.07, 6.45) is 0. The maximum Gasteiger partial charge on any atom is 0.350 e. The Hall–Kier alpha value is -0.860. The number of aliphatic carboxylic acids is 1. The van der Waals surface area contributed by atoms with E-state index in [0.717, 1.165) is 0 Å². The normalized spacial score (nSPS) is 14.3. The molecule has 0 aromatic rings. The number of carboxylic acid groups (broad SMARTS) is 1. The van der Waals surface area contributed by atoms with Gasteiger partial charge in [0.15, 0.2) is 0 Å². The molecule has 0 heterocycles. The monoisotopic (exact) mass is 199 g/mol. The van der Waals surface area contributed by atoms with Crippen molar-refractivity contribution in [1.29, 1.82) is 0 Å². The zero-order valence-electron chi connectivity index (χ0n) is 10.0. The van der Waals surface area contributed by atoms with Gasteiger partial charge in [-0.2, -0.15) is 0 Å². The molecular weight excluding hydrogens is 178 g/mol. The summed E-state index contributed by atoms with van der Waals surface area (Å²) in [5, 5.41) is 8.97. The van der Waals surface area contributed by atoms with Gasteiger partial charge in [-0.05, 0) is 5.41 Å². The fraction of sp³-hybridized carbons (Fsp3) is 0.818. The zero-order valence-corrected chi connectivity index (χ0v) is 10.0. The first-order chi connectivity index (χ1) is 6.04. The average Bonchev–Trinajstić information content (AvgIpc) is 1.79. The van der Waals surface area contributed by atoms with Crippen LogP contribution in [0.25, 0.3) is 0 Å². The molecule has 0 aliphatic carbocycles. The molecule has 3 nitrogen and oxygen atoms in total. The fourth-order valence-electron chi connectivity index (χ4n) is 0.942. The van der Waals surface area contributed by atoms with Crippen molar-refractivity contribution in [3.05, 3.63) is 0 Å². The van der Waals surface area contributed by atoms with Crippen LogP contribution < -0.4 is 0 Å². The third-order valence-corrected chi connectivity index (χ3v) is 1.62.